The number of hydrogen-bond donors (Lipinski definition) is 1. The van der Waals surface area contributed by atoms with Crippen LogP contribution in [0.4, 0.5) is 0 Å². The molecule has 0 unspecified atom stereocenters. The third kappa shape index (κ3) is 4.26. The maximum Gasteiger partial charge on any atom is 0.361 e. The Labute approximate surface area is 167 Å². The number of hydrogen-bond acceptors (Lipinski definition) is 6. The second-order valence-electron chi connectivity index (χ2n) is 5.97. The summed E-state index contributed by atoms with van der Waals surface area (Å²) in [6, 6.07) is 10.9. The SMILES string of the molecule is CCOC(=O)c1n[nH]nc1-c1ccc(OC)c(COc2ccc(Cl)c(C)c2)c1. The second-order valence-corrected chi connectivity index (χ2v) is 6.37. The molecule has 0 amide bonds. The fourth-order valence-corrected chi connectivity index (χ4v) is 2.80. The summed E-state index contributed by atoms with van der Waals surface area (Å²) in [6.07, 6.45) is 0. The van der Waals surface area contributed by atoms with Gasteiger partial charge in [0.1, 0.15) is 23.8 Å². The molecule has 0 aliphatic carbocycles. The summed E-state index contributed by atoms with van der Waals surface area (Å²) in [4.78, 5) is 12.1. The Hall–Kier alpha value is -3.06. The maximum atomic E-state index is 12.1. The number of halogens is 1. The molecule has 7 nitrogen and oxygen atoms in total. The number of nitrogens with zero attached hydrogens (tertiary/aromatic N) is 2. The van der Waals surface area contributed by atoms with E-state index in [1.165, 1.54) is 0 Å². The number of nitrogens with one attached hydrogen (secondary N) is 1. The Kier molecular flexibility index (Phi) is 6.16. The molecule has 0 saturated heterocycles. The van der Waals surface area contributed by atoms with Gasteiger partial charge in [-0.2, -0.15) is 10.3 Å². The smallest absolute Gasteiger partial charge is 0.361 e. The third-order valence-corrected chi connectivity index (χ3v) is 4.52. The molecule has 0 spiro atoms. The number of rotatable bonds is 7. The molecular weight excluding hydrogens is 382 g/mol. The Morgan fingerprint density at radius 1 is 1.18 bits per heavy atom. The molecule has 0 fully saturated rings. The fourth-order valence-electron chi connectivity index (χ4n) is 2.68. The van der Waals surface area contributed by atoms with Crippen molar-refractivity contribution in [1.82, 2.24) is 15.4 Å². The number of methoxy groups -OCH3 is 1. The first kappa shape index (κ1) is 19.7. The summed E-state index contributed by atoms with van der Waals surface area (Å²) in [7, 11) is 1.59. The van der Waals surface area contributed by atoms with E-state index in [1.807, 2.05) is 25.1 Å². The Morgan fingerprint density at radius 2 is 2.00 bits per heavy atom. The predicted molar refractivity (Wildman–Crippen MR) is 105 cm³/mol. The van der Waals surface area contributed by atoms with Gasteiger partial charge in [-0.1, -0.05) is 11.6 Å². The number of benzene rings is 2. The number of aryl methyl sites for hydroxylation is 1. The molecule has 0 radical (unpaired) electrons. The van der Waals surface area contributed by atoms with Crippen LogP contribution in [0.2, 0.25) is 5.02 Å². The molecule has 0 saturated carbocycles. The third-order valence-electron chi connectivity index (χ3n) is 4.09. The first-order chi connectivity index (χ1) is 13.5. The highest BCUT2D eigenvalue weighted by Gasteiger charge is 2.20. The van der Waals surface area contributed by atoms with Gasteiger partial charge < -0.3 is 14.2 Å². The number of esters is 1. The number of carbonyl (C=O) groups is 1. The van der Waals surface area contributed by atoms with Gasteiger partial charge in [-0.15, -0.1) is 5.10 Å². The van der Waals surface area contributed by atoms with Crippen molar-refractivity contribution < 1.29 is 19.0 Å². The number of aromatic nitrogens is 3. The average molecular weight is 402 g/mol. The van der Waals surface area contributed by atoms with E-state index in [2.05, 4.69) is 15.4 Å². The van der Waals surface area contributed by atoms with Gasteiger partial charge in [0.15, 0.2) is 5.69 Å². The Bertz CT molecular complexity index is 987. The number of ether oxygens (including phenoxy) is 3. The summed E-state index contributed by atoms with van der Waals surface area (Å²) in [5, 5.41) is 11.2. The van der Waals surface area contributed by atoms with Crippen molar-refractivity contribution in [3.05, 3.63) is 58.2 Å². The molecule has 1 aromatic heterocycles. The lowest BCUT2D eigenvalue weighted by Crippen LogP contribution is -2.07. The van der Waals surface area contributed by atoms with Crippen LogP contribution in [-0.2, 0) is 11.3 Å². The topological polar surface area (TPSA) is 86.3 Å². The van der Waals surface area contributed by atoms with E-state index in [9.17, 15) is 4.79 Å². The van der Waals surface area contributed by atoms with Crippen LogP contribution in [0, 0.1) is 6.92 Å². The molecular formula is C20H20ClN3O4. The van der Waals surface area contributed by atoms with Crippen LogP contribution in [0.25, 0.3) is 11.3 Å². The minimum absolute atomic E-state index is 0.132. The first-order valence-corrected chi connectivity index (χ1v) is 9.05. The first-order valence-electron chi connectivity index (χ1n) is 8.67. The molecule has 3 aromatic rings. The zero-order valence-electron chi connectivity index (χ0n) is 15.8. The molecule has 8 heteroatoms. The molecule has 0 bridgehead atoms. The zero-order chi connectivity index (χ0) is 20.1. The van der Waals surface area contributed by atoms with Gasteiger partial charge in [-0.3, -0.25) is 0 Å². The standard InChI is InChI=1S/C20H20ClN3O4/c1-4-27-20(25)19-18(22-24-23-19)13-5-8-17(26-3)14(10-13)11-28-15-6-7-16(21)12(2)9-15/h5-10H,4,11H2,1-3H3,(H,22,23,24). The van der Waals surface area contributed by atoms with Gasteiger partial charge in [-0.05, 0) is 55.8 Å². The Morgan fingerprint density at radius 3 is 2.71 bits per heavy atom. The van der Waals surface area contributed by atoms with Crippen LogP contribution in [0.1, 0.15) is 28.5 Å². The van der Waals surface area contributed by atoms with Crippen molar-refractivity contribution in [2.24, 2.45) is 0 Å². The van der Waals surface area contributed by atoms with Crippen molar-refractivity contribution >= 4 is 17.6 Å². The van der Waals surface area contributed by atoms with E-state index in [0.29, 0.717) is 27.8 Å². The van der Waals surface area contributed by atoms with E-state index in [0.717, 1.165) is 11.1 Å². The van der Waals surface area contributed by atoms with Crippen LogP contribution in [0.5, 0.6) is 11.5 Å². The fraction of sp³-hybridized carbons (Fsp3) is 0.250. The van der Waals surface area contributed by atoms with Crippen LogP contribution >= 0.6 is 11.6 Å². The van der Waals surface area contributed by atoms with Crippen molar-refractivity contribution in [3.63, 3.8) is 0 Å². The van der Waals surface area contributed by atoms with Crippen LogP contribution < -0.4 is 9.47 Å². The van der Waals surface area contributed by atoms with Gasteiger partial charge in [0.25, 0.3) is 0 Å². The van der Waals surface area contributed by atoms with Crippen molar-refractivity contribution in [2.75, 3.05) is 13.7 Å². The van der Waals surface area contributed by atoms with Crippen molar-refractivity contribution in [2.45, 2.75) is 20.5 Å². The number of H-pyrrole nitrogens is 1. The van der Waals surface area contributed by atoms with E-state index in [1.54, 1.807) is 32.2 Å². The highest BCUT2D eigenvalue weighted by atomic mass is 35.5. The molecule has 146 valence electrons. The van der Waals surface area contributed by atoms with Gasteiger partial charge in [0.05, 0.1) is 13.7 Å². The molecule has 1 N–H and O–H groups in total. The molecule has 0 atom stereocenters. The van der Waals surface area contributed by atoms with E-state index in [-0.39, 0.29) is 18.9 Å². The minimum atomic E-state index is -0.531. The average Bonchev–Trinajstić information content (AvgIpc) is 3.19. The lowest BCUT2D eigenvalue weighted by molar-refractivity contribution is 0.0520. The molecule has 3 rings (SSSR count). The van der Waals surface area contributed by atoms with Gasteiger partial charge in [0.2, 0.25) is 0 Å². The summed E-state index contributed by atoms with van der Waals surface area (Å²) >= 11 is 6.06. The quantitative estimate of drug-likeness (QED) is 0.597. The van der Waals surface area contributed by atoms with Crippen LogP contribution in [0.15, 0.2) is 36.4 Å². The van der Waals surface area contributed by atoms with Crippen LogP contribution in [0.3, 0.4) is 0 Å². The summed E-state index contributed by atoms with van der Waals surface area (Å²) in [6.45, 7) is 4.18. The van der Waals surface area contributed by atoms with E-state index < -0.39 is 5.97 Å². The summed E-state index contributed by atoms with van der Waals surface area (Å²) in [5.41, 5.74) is 2.97. The summed E-state index contributed by atoms with van der Waals surface area (Å²) in [5.74, 6) is 0.829. The molecule has 0 aliphatic heterocycles. The minimum Gasteiger partial charge on any atom is -0.496 e. The monoisotopic (exact) mass is 401 g/mol. The van der Waals surface area contributed by atoms with Gasteiger partial charge >= 0.3 is 5.97 Å². The highest BCUT2D eigenvalue weighted by Crippen LogP contribution is 2.29. The summed E-state index contributed by atoms with van der Waals surface area (Å²) < 4.78 is 16.3. The predicted octanol–water partition coefficient (Wildman–Crippen LogP) is 4.20. The molecule has 2 aromatic carbocycles. The number of carbonyl (C=O) groups excluding carboxylic acids is 1. The highest BCUT2D eigenvalue weighted by molar-refractivity contribution is 6.31. The van der Waals surface area contributed by atoms with Crippen molar-refractivity contribution in [3.8, 4) is 22.8 Å². The zero-order valence-corrected chi connectivity index (χ0v) is 16.5. The maximum absolute atomic E-state index is 12.1. The molecule has 1 heterocycles. The number of aromatic amines is 1. The normalized spacial score (nSPS) is 10.6. The van der Waals surface area contributed by atoms with Crippen molar-refractivity contribution in [1.29, 1.82) is 0 Å². The lowest BCUT2D eigenvalue weighted by atomic mass is 10.1. The van der Waals surface area contributed by atoms with Gasteiger partial charge in [0, 0.05) is 16.1 Å². The lowest BCUT2D eigenvalue weighted by Gasteiger charge is -2.12. The largest absolute Gasteiger partial charge is 0.496 e. The Balaban J connectivity index is 1.87. The molecule has 0 aliphatic rings. The molecule has 28 heavy (non-hydrogen) atoms. The van der Waals surface area contributed by atoms with Gasteiger partial charge in [-0.25, -0.2) is 4.79 Å². The second kappa shape index (κ2) is 8.75. The van der Waals surface area contributed by atoms with Crippen LogP contribution in [-0.4, -0.2) is 35.1 Å². The van der Waals surface area contributed by atoms with E-state index in [4.69, 9.17) is 25.8 Å². The van der Waals surface area contributed by atoms with E-state index >= 15 is 0 Å².